The first-order valence-corrected chi connectivity index (χ1v) is 8.02. The predicted octanol–water partition coefficient (Wildman–Crippen LogP) is 2.34. The van der Waals surface area contributed by atoms with Gasteiger partial charge in [0.15, 0.2) is 0 Å². The van der Waals surface area contributed by atoms with Gasteiger partial charge in [0, 0.05) is 12.2 Å². The molecule has 1 saturated heterocycles. The first kappa shape index (κ1) is 17.1. The van der Waals surface area contributed by atoms with E-state index in [0.29, 0.717) is 35.1 Å². The lowest BCUT2D eigenvalue weighted by molar-refractivity contribution is -0.127. The van der Waals surface area contributed by atoms with Gasteiger partial charge in [0.05, 0.1) is 16.1 Å². The van der Waals surface area contributed by atoms with E-state index in [1.54, 1.807) is 23.1 Å². The van der Waals surface area contributed by atoms with Crippen molar-refractivity contribution in [3.05, 3.63) is 28.2 Å². The molecule has 1 heterocycles. The molecule has 0 aliphatic carbocycles. The van der Waals surface area contributed by atoms with Crippen LogP contribution in [0.2, 0.25) is 10.0 Å². The number of nitrogens with one attached hydrogen (secondary N) is 1. The minimum absolute atomic E-state index is 0.157. The van der Waals surface area contributed by atoms with Crippen molar-refractivity contribution in [3.8, 4) is 0 Å². The number of hydrogen-bond acceptors (Lipinski definition) is 3. The van der Waals surface area contributed by atoms with Gasteiger partial charge in [0.1, 0.15) is 6.04 Å². The summed E-state index contributed by atoms with van der Waals surface area (Å²) in [6.07, 6.45) is 1.97. The van der Waals surface area contributed by atoms with Gasteiger partial charge in [-0.25, -0.2) is 0 Å². The van der Waals surface area contributed by atoms with Gasteiger partial charge in [-0.15, -0.1) is 0 Å². The van der Waals surface area contributed by atoms with Crippen molar-refractivity contribution >= 4 is 40.7 Å². The summed E-state index contributed by atoms with van der Waals surface area (Å²) in [7, 11) is 0. The van der Waals surface area contributed by atoms with Crippen molar-refractivity contribution in [3.63, 3.8) is 0 Å². The number of carbonyl (C=O) groups excluding carboxylic acids is 2. The third kappa shape index (κ3) is 3.72. The van der Waals surface area contributed by atoms with Crippen molar-refractivity contribution in [1.82, 2.24) is 5.32 Å². The van der Waals surface area contributed by atoms with Crippen LogP contribution in [0.3, 0.4) is 0 Å². The maximum Gasteiger partial charge on any atom is 0.249 e. The fraction of sp³-hybridized carbons (Fsp3) is 0.467. The fourth-order valence-corrected chi connectivity index (χ4v) is 2.74. The standard InChI is InChI=1S/C15H19Cl2N3O2/c1-2-3-12(18)14(21)19-13-6-7-20(15(13)22)9-4-5-10(16)11(17)8-9/h4-5,8,12-13H,2-3,6-7,18H2,1H3,(H,19,21). The highest BCUT2D eigenvalue weighted by Crippen LogP contribution is 2.29. The molecule has 22 heavy (non-hydrogen) atoms. The second-order valence-electron chi connectivity index (χ2n) is 5.33. The second kappa shape index (κ2) is 7.31. The Morgan fingerprint density at radius 3 is 2.82 bits per heavy atom. The van der Waals surface area contributed by atoms with Crippen LogP contribution in [0.5, 0.6) is 0 Å². The molecule has 120 valence electrons. The number of rotatable bonds is 5. The third-order valence-electron chi connectivity index (χ3n) is 3.67. The van der Waals surface area contributed by atoms with Gasteiger partial charge >= 0.3 is 0 Å². The molecule has 5 nitrogen and oxygen atoms in total. The molecule has 7 heteroatoms. The van der Waals surface area contributed by atoms with E-state index in [0.717, 1.165) is 6.42 Å². The summed E-state index contributed by atoms with van der Waals surface area (Å²) >= 11 is 11.9. The molecule has 0 saturated carbocycles. The molecule has 0 radical (unpaired) electrons. The lowest BCUT2D eigenvalue weighted by atomic mass is 10.1. The maximum atomic E-state index is 12.4. The minimum Gasteiger partial charge on any atom is -0.343 e. The molecular formula is C15H19Cl2N3O2. The zero-order valence-electron chi connectivity index (χ0n) is 12.3. The summed E-state index contributed by atoms with van der Waals surface area (Å²) in [6.45, 7) is 2.48. The largest absolute Gasteiger partial charge is 0.343 e. The van der Waals surface area contributed by atoms with Gasteiger partial charge < -0.3 is 16.0 Å². The van der Waals surface area contributed by atoms with E-state index in [1.165, 1.54) is 0 Å². The number of carbonyl (C=O) groups is 2. The average Bonchev–Trinajstić information content (AvgIpc) is 2.83. The Morgan fingerprint density at radius 2 is 2.18 bits per heavy atom. The smallest absolute Gasteiger partial charge is 0.249 e. The summed E-state index contributed by atoms with van der Waals surface area (Å²) in [5.41, 5.74) is 6.44. The molecule has 1 aliphatic heterocycles. The van der Waals surface area contributed by atoms with E-state index in [4.69, 9.17) is 28.9 Å². The van der Waals surface area contributed by atoms with Gasteiger partial charge in [-0.3, -0.25) is 9.59 Å². The van der Waals surface area contributed by atoms with E-state index in [9.17, 15) is 9.59 Å². The van der Waals surface area contributed by atoms with Gasteiger partial charge in [-0.2, -0.15) is 0 Å². The molecule has 1 aromatic rings. The molecular weight excluding hydrogens is 325 g/mol. The number of hydrogen-bond donors (Lipinski definition) is 2. The molecule has 0 aromatic heterocycles. The molecule has 0 spiro atoms. The van der Waals surface area contributed by atoms with E-state index in [1.807, 2.05) is 6.92 Å². The SMILES string of the molecule is CCCC(N)C(=O)NC1CCN(c2ccc(Cl)c(Cl)c2)C1=O. The van der Waals surface area contributed by atoms with Gasteiger partial charge in [0.2, 0.25) is 11.8 Å². The highest BCUT2D eigenvalue weighted by Gasteiger charge is 2.34. The Bertz CT molecular complexity index is 580. The molecule has 2 unspecified atom stereocenters. The molecule has 1 aromatic carbocycles. The summed E-state index contributed by atoms with van der Waals surface area (Å²) < 4.78 is 0. The van der Waals surface area contributed by atoms with Crippen LogP contribution in [-0.2, 0) is 9.59 Å². The van der Waals surface area contributed by atoms with E-state index in [-0.39, 0.29) is 11.8 Å². The number of nitrogens with two attached hydrogens (primary N) is 1. The molecule has 0 bridgehead atoms. The Labute approximate surface area is 139 Å². The second-order valence-corrected chi connectivity index (χ2v) is 6.15. The summed E-state index contributed by atoms with van der Waals surface area (Å²) in [5.74, 6) is -0.438. The number of amides is 2. The number of anilines is 1. The zero-order chi connectivity index (χ0) is 16.3. The molecule has 3 N–H and O–H groups in total. The Morgan fingerprint density at radius 1 is 1.45 bits per heavy atom. The Balaban J connectivity index is 2.03. The molecule has 2 rings (SSSR count). The van der Waals surface area contributed by atoms with Crippen LogP contribution in [0, 0.1) is 0 Å². The summed E-state index contributed by atoms with van der Waals surface area (Å²) in [6, 6.07) is 3.92. The van der Waals surface area contributed by atoms with E-state index >= 15 is 0 Å². The first-order valence-electron chi connectivity index (χ1n) is 7.26. The molecule has 2 amide bonds. The van der Waals surface area contributed by atoms with Crippen LogP contribution in [0.4, 0.5) is 5.69 Å². The van der Waals surface area contributed by atoms with Crippen molar-refractivity contribution in [2.24, 2.45) is 5.73 Å². The van der Waals surface area contributed by atoms with Crippen LogP contribution in [0.25, 0.3) is 0 Å². The summed E-state index contributed by atoms with van der Waals surface area (Å²) in [5, 5.41) is 3.56. The highest BCUT2D eigenvalue weighted by atomic mass is 35.5. The maximum absolute atomic E-state index is 12.4. The third-order valence-corrected chi connectivity index (χ3v) is 4.41. The van der Waals surface area contributed by atoms with E-state index < -0.39 is 12.1 Å². The quantitative estimate of drug-likeness (QED) is 0.861. The van der Waals surface area contributed by atoms with Crippen LogP contribution in [-0.4, -0.2) is 30.4 Å². The van der Waals surface area contributed by atoms with Gasteiger partial charge in [-0.1, -0.05) is 36.5 Å². The Hall–Kier alpha value is -1.30. The van der Waals surface area contributed by atoms with Crippen LogP contribution >= 0.6 is 23.2 Å². The Kier molecular flexibility index (Phi) is 5.67. The number of nitrogens with zero attached hydrogens (tertiary/aromatic N) is 1. The minimum atomic E-state index is -0.572. The molecule has 1 fully saturated rings. The molecule has 1 aliphatic rings. The van der Waals surface area contributed by atoms with Crippen molar-refractivity contribution in [2.45, 2.75) is 38.3 Å². The first-order chi connectivity index (χ1) is 10.4. The van der Waals surface area contributed by atoms with Gasteiger partial charge in [0.25, 0.3) is 0 Å². The lowest BCUT2D eigenvalue weighted by Crippen LogP contribution is -2.48. The fourth-order valence-electron chi connectivity index (χ4n) is 2.44. The normalized spacial score (nSPS) is 19.4. The van der Waals surface area contributed by atoms with Crippen LogP contribution < -0.4 is 16.0 Å². The topological polar surface area (TPSA) is 75.4 Å². The highest BCUT2D eigenvalue weighted by molar-refractivity contribution is 6.42. The summed E-state index contributed by atoms with van der Waals surface area (Å²) in [4.78, 5) is 25.9. The van der Waals surface area contributed by atoms with Crippen LogP contribution in [0.15, 0.2) is 18.2 Å². The number of halogens is 2. The van der Waals surface area contributed by atoms with Crippen molar-refractivity contribution in [2.75, 3.05) is 11.4 Å². The zero-order valence-corrected chi connectivity index (χ0v) is 13.8. The molecule has 2 atom stereocenters. The van der Waals surface area contributed by atoms with Crippen molar-refractivity contribution in [1.29, 1.82) is 0 Å². The van der Waals surface area contributed by atoms with E-state index in [2.05, 4.69) is 5.32 Å². The lowest BCUT2D eigenvalue weighted by Gasteiger charge is -2.19. The monoisotopic (exact) mass is 343 g/mol. The predicted molar refractivity (Wildman–Crippen MR) is 88.2 cm³/mol. The number of benzene rings is 1. The average molecular weight is 344 g/mol. The van der Waals surface area contributed by atoms with Crippen molar-refractivity contribution < 1.29 is 9.59 Å². The van der Waals surface area contributed by atoms with Crippen LogP contribution in [0.1, 0.15) is 26.2 Å². The van der Waals surface area contributed by atoms with Gasteiger partial charge in [-0.05, 0) is 31.0 Å².